The van der Waals surface area contributed by atoms with E-state index in [1.807, 2.05) is 24.3 Å². The van der Waals surface area contributed by atoms with Crippen molar-refractivity contribution in [2.75, 3.05) is 5.32 Å². The summed E-state index contributed by atoms with van der Waals surface area (Å²) in [6.45, 7) is 0. The highest BCUT2D eigenvalue weighted by Gasteiger charge is 2.35. The Morgan fingerprint density at radius 1 is 1.17 bits per heavy atom. The first-order chi connectivity index (χ1) is 11.3. The van der Waals surface area contributed by atoms with E-state index in [1.165, 1.54) is 11.3 Å². The van der Waals surface area contributed by atoms with Crippen LogP contribution in [-0.2, 0) is 0 Å². The molecular weight excluding hydrogens is 477 g/mol. The highest BCUT2D eigenvalue weighted by atomic mass is 79.9. The summed E-state index contributed by atoms with van der Waals surface area (Å²) >= 11 is 27.6. The van der Waals surface area contributed by atoms with E-state index in [0.29, 0.717) is 4.88 Å². The number of thiocarbonyl (C=S) groups is 1. The van der Waals surface area contributed by atoms with Crippen LogP contribution in [0.3, 0.4) is 0 Å². The molecule has 0 radical (unpaired) electrons. The van der Waals surface area contributed by atoms with Crippen LogP contribution in [-0.4, -0.2) is 21.0 Å². The molecule has 0 saturated carbocycles. The van der Waals surface area contributed by atoms with Gasteiger partial charge in [-0.3, -0.25) is 4.79 Å². The SMILES string of the molecule is O=C(NC(NC(=S)Nc1ccc(Br)cc1)C(Cl)(Cl)Cl)c1cccs1. The molecule has 0 aliphatic rings. The van der Waals surface area contributed by atoms with E-state index in [-0.39, 0.29) is 11.0 Å². The number of benzene rings is 1. The van der Waals surface area contributed by atoms with E-state index in [4.69, 9.17) is 47.0 Å². The topological polar surface area (TPSA) is 53.2 Å². The molecule has 2 aromatic rings. The lowest BCUT2D eigenvalue weighted by Crippen LogP contribution is -2.56. The summed E-state index contributed by atoms with van der Waals surface area (Å²) in [6.07, 6.45) is -1.01. The van der Waals surface area contributed by atoms with Gasteiger partial charge < -0.3 is 16.0 Å². The average molecular weight is 488 g/mol. The number of hydrogen-bond acceptors (Lipinski definition) is 3. The van der Waals surface area contributed by atoms with Crippen LogP contribution >= 0.6 is 74.3 Å². The number of carbonyl (C=O) groups is 1. The fraction of sp³-hybridized carbons (Fsp3) is 0.143. The molecule has 1 unspecified atom stereocenters. The summed E-state index contributed by atoms with van der Waals surface area (Å²) in [7, 11) is 0. The molecule has 0 aliphatic heterocycles. The molecule has 24 heavy (non-hydrogen) atoms. The van der Waals surface area contributed by atoms with Crippen molar-refractivity contribution in [2.24, 2.45) is 0 Å². The first-order valence-electron chi connectivity index (χ1n) is 6.50. The zero-order chi connectivity index (χ0) is 17.7. The lowest BCUT2D eigenvalue weighted by Gasteiger charge is -2.27. The predicted molar refractivity (Wildman–Crippen MR) is 109 cm³/mol. The average Bonchev–Trinajstić information content (AvgIpc) is 3.02. The van der Waals surface area contributed by atoms with Crippen LogP contribution in [0.25, 0.3) is 0 Å². The molecule has 0 bridgehead atoms. The van der Waals surface area contributed by atoms with Gasteiger partial charge in [0.25, 0.3) is 5.91 Å². The molecular formula is C14H11BrCl3N3OS2. The van der Waals surface area contributed by atoms with Gasteiger partial charge in [0.1, 0.15) is 6.17 Å². The minimum absolute atomic E-state index is 0.208. The Labute approximate surface area is 172 Å². The summed E-state index contributed by atoms with van der Waals surface area (Å²) in [5.74, 6) is -0.361. The van der Waals surface area contributed by atoms with Crippen LogP contribution in [0.2, 0.25) is 0 Å². The third kappa shape index (κ3) is 6.06. The Morgan fingerprint density at radius 2 is 1.83 bits per heavy atom. The van der Waals surface area contributed by atoms with Crippen LogP contribution in [0.15, 0.2) is 46.3 Å². The number of halogens is 4. The number of hydrogen-bond donors (Lipinski definition) is 3. The van der Waals surface area contributed by atoms with Gasteiger partial charge in [0, 0.05) is 10.2 Å². The van der Waals surface area contributed by atoms with Crippen molar-refractivity contribution in [2.45, 2.75) is 9.96 Å². The number of carbonyl (C=O) groups excluding carboxylic acids is 1. The number of anilines is 1. The number of nitrogens with one attached hydrogen (secondary N) is 3. The molecule has 0 fully saturated rings. The summed E-state index contributed by atoms with van der Waals surface area (Å²) in [5, 5.41) is 10.4. The van der Waals surface area contributed by atoms with Crippen molar-refractivity contribution < 1.29 is 4.79 Å². The van der Waals surface area contributed by atoms with Gasteiger partial charge in [0.05, 0.1) is 4.88 Å². The first-order valence-corrected chi connectivity index (χ1v) is 9.71. The molecule has 3 N–H and O–H groups in total. The van der Waals surface area contributed by atoms with E-state index in [2.05, 4.69) is 31.9 Å². The summed E-state index contributed by atoms with van der Waals surface area (Å²) in [5.41, 5.74) is 0.753. The highest BCUT2D eigenvalue weighted by Crippen LogP contribution is 2.29. The van der Waals surface area contributed by atoms with E-state index in [1.54, 1.807) is 17.5 Å². The maximum atomic E-state index is 12.2. The molecule has 1 atom stereocenters. The Hall–Kier alpha value is -0.570. The van der Waals surface area contributed by atoms with E-state index in [0.717, 1.165) is 10.2 Å². The van der Waals surface area contributed by atoms with E-state index >= 15 is 0 Å². The fourth-order valence-corrected chi connectivity index (χ4v) is 3.10. The molecule has 1 aromatic carbocycles. The normalized spacial score (nSPS) is 12.3. The summed E-state index contributed by atoms with van der Waals surface area (Å²) < 4.78 is -0.854. The van der Waals surface area contributed by atoms with Gasteiger partial charge in [-0.05, 0) is 47.9 Å². The number of rotatable bonds is 4. The van der Waals surface area contributed by atoms with Gasteiger partial charge >= 0.3 is 0 Å². The molecule has 10 heteroatoms. The second-order valence-corrected chi connectivity index (χ2v) is 9.17. The van der Waals surface area contributed by atoms with Gasteiger partial charge in [-0.15, -0.1) is 11.3 Å². The lowest BCUT2D eigenvalue weighted by molar-refractivity contribution is 0.0938. The third-order valence-electron chi connectivity index (χ3n) is 2.73. The van der Waals surface area contributed by atoms with E-state index in [9.17, 15) is 4.79 Å². The molecule has 1 heterocycles. The zero-order valence-corrected chi connectivity index (χ0v) is 17.3. The maximum absolute atomic E-state index is 12.2. The highest BCUT2D eigenvalue weighted by molar-refractivity contribution is 9.10. The van der Waals surface area contributed by atoms with Crippen LogP contribution < -0.4 is 16.0 Å². The summed E-state index contributed by atoms with van der Waals surface area (Å²) in [6, 6.07) is 10.8. The smallest absolute Gasteiger partial charge is 0.263 e. The Morgan fingerprint density at radius 3 is 2.38 bits per heavy atom. The summed E-state index contributed by atoms with van der Waals surface area (Å²) in [4.78, 5) is 12.7. The number of amides is 1. The van der Waals surface area contributed by atoms with Gasteiger partial charge in [-0.25, -0.2) is 0 Å². The zero-order valence-electron chi connectivity index (χ0n) is 11.9. The van der Waals surface area contributed by atoms with Crippen LogP contribution in [0.4, 0.5) is 5.69 Å². The minimum Gasteiger partial charge on any atom is -0.339 e. The standard InChI is InChI=1S/C14H11BrCl3N3OS2/c15-8-3-5-9(6-4-8)19-13(23)21-12(14(16,17)18)20-11(22)10-2-1-7-24-10/h1-7,12H,(H,20,22)(H2,19,21,23). The Balaban J connectivity index is 2.01. The van der Waals surface area contributed by atoms with Crippen molar-refractivity contribution >= 4 is 91.0 Å². The molecule has 0 aliphatic carbocycles. The van der Waals surface area contributed by atoms with Gasteiger partial charge in [-0.2, -0.15) is 0 Å². The minimum atomic E-state index is -1.79. The molecule has 0 saturated heterocycles. The monoisotopic (exact) mass is 485 g/mol. The van der Waals surface area contributed by atoms with Crippen molar-refractivity contribution in [3.8, 4) is 0 Å². The van der Waals surface area contributed by atoms with Crippen molar-refractivity contribution in [3.63, 3.8) is 0 Å². The first kappa shape index (κ1) is 19.8. The number of alkyl halides is 3. The Bertz CT molecular complexity index is 705. The van der Waals surface area contributed by atoms with E-state index < -0.39 is 9.96 Å². The lowest BCUT2D eigenvalue weighted by atomic mass is 10.3. The van der Waals surface area contributed by atoms with Crippen LogP contribution in [0.5, 0.6) is 0 Å². The van der Waals surface area contributed by atoms with Gasteiger partial charge in [0.2, 0.25) is 3.79 Å². The van der Waals surface area contributed by atoms with Crippen molar-refractivity contribution in [3.05, 3.63) is 51.1 Å². The third-order valence-corrected chi connectivity index (χ3v) is 5.00. The van der Waals surface area contributed by atoms with Crippen molar-refractivity contribution in [1.82, 2.24) is 10.6 Å². The second-order valence-electron chi connectivity index (χ2n) is 4.53. The molecule has 1 amide bonds. The van der Waals surface area contributed by atoms with Crippen LogP contribution in [0, 0.1) is 0 Å². The second kappa shape index (κ2) is 8.69. The van der Waals surface area contributed by atoms with Crippen LogP contribution in [0.1, 0.15) is 9.67 Å². The van der Waals surface area contributed by atoms with Crippen molar-refractivity contribution in [1.29, 1.82) is 0 Å². The molecule has 0 spiro atoms. The number of thiophene rings is 1. The fourth-order valence-electron chi connectivity index (χ4n) is 1.64. The Kier molecular flexibility index (Phi) is 7.15. The quantitative estimate of drug-likeness (QED) is 0.325. The van der Waals surface area contributed by atoms with Gasteiger partial charge in [0.15, 0.2) is 5.11 Å². The molecule has 128 valence electrons. The molecule has 4 nitrogen and oxygen atoms in total. The van der Waals surface area contributed by atoms with Gasteiger partial charge in [-0.1, -0.05) is 56.8 Å². The molecule has 1 aromatic heterocycles. The molecule has 2 rings (SSSR count). The predicted octanol–water partition coefficient (Wildman–Crippen LogP) is 4.92. The maximum Gasteiger partial charge on any atom is 0.263 e. The largest absolute Gasteiger partial charge is 0.339 e.